The van der Waals surface area contributed by atoms with Crippen molar-refractivity contribution in [3.05, 3.63) is 52.6 Å². The van der Waals surface area contributed by atoms with Gasteiger partial charge in [0.25, 0.3) is 0 Å². The number of ether oxygens (including phenoxy) is 3. The molecule has 0 N–H and O–H groups in total. The van der Waals surface area contributed by atoms with Crippen molar-refractivity contribution in [3.63, 3.8) is 0 Å². The van der Waals surface area contributed by atoms with Gasteiger partial charge in [-0.25, -0.2) is 0 Å². The van der Waals surface area contributed by atoms with Crippen LogP contribution >= 0.6 is 0 Å². The molecular formula is C22H25NO4. The molecule has 0 saturated heterocycles. The molecule has 27 heavy (non-hydrogen) atoms. The predicted octanol–water partition coefficient (Wildman–Crippen LogP) is 3.99. The van der Waals surface area contributed by atoms with Crippen molar-refractivity contribution in [3.8, 4) is 17.2 Å². The predicted molar refractivity (Wildman–Crippen MR) is 107 cm³/mol. The zero-order chi connectivity index (χ0) is 19.6. The summed E-state index contributed by atoms with van der Waals surface area (Å²) in [6, 6.07) is 9.68. The molecule has 2 aromatic rings. The lowest BCUT2D eigenvalue weighted by Gasteiger charge is -2.14. The van der Waals surface area contributed by atoms with E-state index in [9.17, 15) is 4.79 Å². The van der Waals surface area contributed by atoms with Crippen molar-refractivity contribution < 1.29 is 19.0 Å². The number of methoxy groups -OCH3 is 3. The quantitative estimate of drug-likeness (QED) is 0.571. The first-order chi connectivity index (χ1) is 13.0. The number of likely N-dealkylation sites (N-methyl/N-ethyl adjacent to an activating group) is 1. The number of hydrogen-bond donors (Lipinski definition) is 0. The van der Waals surface area contributed by atoms with Crippen LogP contribution in [0.1, 0.15) is 28.4 Å². The minimum absolute atomic E-state index is 0.0770. The molecular weight excluding hydrogens is 342 g/mol. The zero-order valence-corrected chi connectivity index (χ0v) is 16.5. The van der Waals surface area contributed by atoms with E-state index in [-0.39, 0.29) is 5.78 Å². The van der Waals surface area contributed by atoms with Gasteiger partial charge >= 0.3 is 0 Å². The van der Waals surface area contributed by atoms with Crippen LogP contribution in [0.15, 0.2) is 35.9 Å². The van der Waals surface area contributed by atoms with Crippen LogP contribution in [-0.2, 0) is 6.42 Å². The summed E-state index contributed by atoms with van der Waals surface area (Å²) in [7, 11) is 6.71. The normalized spacial score (nSPS) is 13.4. The van der Waals surface area contributed by atoms with Crippen LogP contribution < -0.4 is 19.1 Å². The molecule has 0 atom stereocenters. The maximum Gasteiger partial charge on any atom is 0.203 e. The summed E-state index contributed by atoms with van der Waals surface area (Å²) in [6.45, 7) is 2.86. The van der Waals surface area contributed by atoms with Gasteiger partial charge in [0, 0.05) is 24.8 Å². The number of hydrogen-bond acceptors (Lipinski definition) is 5. The van der Waals surface area contributed by atoms with E-state index in [1.54, 1.807) is 12.1 Å². The molecule has 5 nitrogen and oxygen atoms in total. The third-order valence-electron chi connectivity index (χ3n) is 4.90. The highest BCUT2D eigenvalue weighted by atomic mass is 16.5. The molecule has 5 heteroatoms. The first-order valence-corrected chi connectivity index (χ1v) is 8.85. The van der Waals surface area contributed by atoms with E-state index < -0.39 is 0 Å². The summed E-state index contributed by atoms with van der Waals surface area (Å²) in [5.74, 6) is 1.33. The van der Waals surface area contributed by atoms with Gasteiger partial charge in [-0.3, -0.25) is 4.79 Å². The topological polar surface area (TPSA) is 48.0 Å². The summed E-state index contributed by atoms with van der Waals surface area (Å²) >= 11 is 0. The lowest BCUT2D eigenvalue weighted by atomic mass is 10.00. The lowest BCUT2D eigenvalue weighted by Crippen LogP contribution is -2.12. The highest BCUT2D eigenvalue weighted by Gasteiger charge is 2.19. The third-order valence-corrected chi connectivity index (χ3v) is 4.90. The molecule has 1 heterocycles. The number of allylic oxidation sites excluding steroid dienone is 1. The molecule has 1 aliphatic heterocycles. The van der Waals surface area contributed by atoms with E-state index in [0.717, 1.165) is 18.5 Å². The van der Waals surface area contributed by atoms with Crippen LogP contribution in [0.25, 0.3) is 6.08 Å². The minimum atomic E-state index is -0.0770. The van der Waals surface area contributed by atoms with Crippen molar-refractivity contribution in [1.29, 1.82) is 0 Å². The Morgan fingerprint density at radius 2 is 1.70 bits per heavy atom. The van der Waals surface area contributed by atoms with Gasteiger partial charge in [-0.05, 0) is 60.4 Å². The fraction of sp³-hybridized carbons (Fsp3) is 0.318. The maximum absolute atomic E-state index is 12.9. The first kappa shape index (κ1) is 18.8. The Balaban J connectivity index is 1.92. The van der Waals surface area contributed by atoms with Gasteiger partial charge in [-0.2, -0.15) is 0 Å². The summed E-state index contributed by atoms with van der Waals surface area (Å²) in [6.07, 6.45) is 2.96. The van der Waals surface area contributed by atoms with E-state index in [2.05, 4.69) is 24.1 Å². The highest BCUT2D eigenvalue weighted by Crippen LogP contribution is 2.38. The fourth-order valence-corrected chi connectivity index (χ4v) is 3.43. The van der Waals surface area contributed by atoms with Gasteiger partial charge in [0.2, 0.25) is 5.75 Å². The van der Waals surface area contributed by atoms with Crippen LogP contribution in [0.2, 0.25) is 0 Å². The standard InChI is InChI=1S/C22H25NO4/c1-14(10-15-6-7-18-16(11-15)8-9-23(18)2)21(24)17-12-19(25-3)22(27-5)20(13-17)26-4/h6-7,10-13H,8-9H2,1-5H3. The van der Waals surface area contributed by atoms with E-state index in [1.807, 2.05) is 19.1 Å². The largest absolute Gasteiger partial charge is 0.493 e. The highest BCUT2D eigenvalue weighted by molar-refractivity contribution is 6.11. The molecule has 0 aliphatic carbocycles. The Bertz CT molecular complexity index is 876. The molecule has 0 saturated carbocycles. The molecule has 0 fully saturated rings. The van der Waals surface area contributed by atoms with Crippen molar-refractivity contribution in [2.45, 2.75) is 13.3 Å². The summed E-state index contributed by atoms with van der Waals surface area (Å²) in [5.41, 5.74) is 4.76. The molecule has 142 valence electrons. The number of anilines is 1. The smallest absolute Gasteiger partial charge is 0.203 e. The Hall–Kier alpha value is -2.95. The van der Waals surface area contributed by atoms with Crippen LogP contribution in [0, 0.1) is 0 Å². The summed E-state index contributed by atoms with van der Waals surface area (Å²) in [4.78, 5) is 15.2. The second-order valence-electron chi connectivity index (χ2n) is 6.63. The number of rotatable bonds is 6. The van der Waals surface area contributed by atoms with Crippen LogP contribution in [0.5, 0.6) is 17.2 Å². The molecule has 1 aliphatic rings. The van der Waals surface area contributed by atoms with Gasteiger partial charge in [-0.15, -0.1) is 0 Å². The fourth-order valence-electron chi connectivity index (χ4n) is 3.43. The summed E-state index contributed by atoms with van der Waals surface area (Å²) < 4.78 is 16.0. The van der Waals surface area contributed by atoms with E-state index in [4.69, 9.17) is 14.2 Å². The van der Waals surface area contributed by atoms with E-state index >= 15 is 0 Å². The minimum Gasteiger partial charge on any atom is -0.493 e. The van der Waals surface area contributed by atoms with Crippen molar-refractivity contribution in [2.24, 2.45) is 0 Å². The number of carbonyl (C=O) groups excluding carboxylic acids is 1. The number of nitrogens with zero attached hydrogens (tertiary/aromatic N) is 1. The molecule has 0 bridgehead atoms. The van der Waals surface area contributed by atoms with Gasteiger partial charge in [-0.1, -0.05) is 6.07 Å². The Kier molecular flexibility index (Phi) is 5.40. The molecule has 2 aromatic carbocycles. The first-order valence-electron chi connectivity index (χ1n) is 8.85. The number of benzene rings is 2. The van der Waals surface area contributed by atoms with Crippen molar-refractivity contribution >= 4 is 17.5 Å². The SMILES string of the molecule is COc1cc(C(=O)C(C)=Cc2ccc3c(c2)CCN3C)cc(OC)c1OC. The number of ketones is 1. The van der Waals surface area contributed by atoms with Crippen molar-refractivity contribution in [2.75, 3.05) is 39.8 Å². The van der Waals surface area contributed by atoms with E-state index in [1.165, 1.54) is 32.6 Å². The van der Waals surface area contributed by atoms with Crippen LogP contribution in [0.3, 0.4) is 0 Å². The number of carbonyl (C=O) groups is 1. The average Bonchev–Trinajstić information content (AvgIpc) is 3.06. The number of Topliss-reactive ketones (excluding diaryl/α,β-unsaturated/α-hetero) is 1. The van der Waals surface area contributed by atoms with Crippen LogP contribution in [0.4, 0.5) is 5.69 Å². The van der Waals surface area contributed by atoms with Gasteiger partial charge in [0.05, 0.1) is 21.3 Å². The zero-order valence-electron chi connectivity index (χ0n) is 16.5. The molecule has 0 amide bonds. The average molecular weight is 367 g/mol. The maximum atomic E-state index is 12.9. The second-order valence-corrected chi connectivity index (χ2v) is 6.63. The Morgan fingerprint density at radius 3 is 2.30 bits per heavy atom. The number of fused-ring (bicyclic) bond motifs is 1. The van der Waals surface area contributed by atoms with Crippen LogP contribution in [-0.4, -0.2) is 40.7 Å². The third kappa shape index (κ3) is 3.63. The molecule has 0 spiro atoms. The molecule has 0 radical (unpaired) electrons. The molecule has 3 rings (SSSR count). The Morgan fingerprint density at radius 1 is 1.04 bits per heavy atom. The monoisotopic (exact) mass is 367 g/mol. The molecule has 0 unspecified atom stereocenters. The lowest BCUT2D eigenvalue weighted by molar-refractivity contribution is 0.103. The van der Waals surface area contributed by atoms with Crippen molar-refractivity contribution in [1.82, 2.24) is 0 Å². The summed E-state index contributed by atoms with van der Waals surface area (Å²) in [5, 5.41) is 0. The molecule has 0 aromatic heterocycles. The van der Waals surface area contributed by atoms with Gasteiger partial charge in [0.1, 0.15) is 0 Å². The van der Waals surface area contributed by atoms with E-state index in [0.29, 0.717) is 28.4 Å². The van der Waals surface area contributed by atoms with Gasteiger partial charge < -0.3 is 19.1 Å². The second kappa shape index (κ2) is 7.74. The Labute approximate surface area is 160 Å². The van der Waals surface area contributed by atoms with Gasteiger partial charge in [0.15, 0.2) is 17.3 Å².